The minimum absolute atomic E-state index is 0.0545. The van der Waals surface area contributed by atoms with Gasteiger partial charge >= 0.3 is 0 Å². The van der Waals surface area contributed by atoms with Crippen molar-refractivity contribution >= 4 is 11.6 Å². The Hall–Kier alpha value is -2.96. The van der Waals surface area contributed by atoms with Crippen LogP contribution >= 0.6 is 0 Å². The number of aromatic nitrogens is 1. The molecule has 1 fully saturated rings. The average Bonchev–Trinajstić information content (AvgIpc) is 3.19. The van der Waals surface area contributed by atoms with Crippen molar-refractivity contribution in [2.45, 2.75) is 19.9 Å². The molecule has 0 unspecified atom stereocenters. The van der Waals surface area contributed by atoms with Gasteiger partial charge in [0.2, 0.25) is 5.91 Å². The van der Waals surface area contributed by atoms with Crippen molar-refractivity contribution in [2.24, 2.45) is 0 Å². The first kappa shape index (κ1) is 20.3. The van der Waals surface area contributed by atoms with Crippen molar-refractivity contribution in [2.75, 3.05) is 38.0 Å². The summed E-state index contributed by atoms with van der Waals surface area (Å²) in [6.45, 7) is 7.39. The van der Waals surface area contributed by atoms with Crippen LogP contribution in [0.25, 0.3) is 11.1 Å². The van der Waals surface area contributed by atoms with Crippen LogP contribution in [0.4, 0.5) is 5.69 Å². The van der Waals surface area contributed by atoms with Crippen molar-refractivity contribution < 1.29 is 9.32 Å². The summed E-state index contributed by atoms with van der Waals surface area (Å²) in [5.41, 5.74) is 3.99. The topological polar surface area (TPSA) is 61.6 Å². The Kier molecular flexibility index (Phi) is 6.57. The first-order chi connectivity index (χ1) is 14.7. The summed E-state index contributed by atoms with van der Waals surface area (Å²) in [4.78, 5) is 17.3. The molecule has 1 aliphatic rings. The number of nitrogens with zero attached hydrogens (tertiary/aromatic N) is 3. The van der Waals surface area contributed by atoms with Gasteiger partial charge in [0.1, 0.15) is 5.76 Å². The molecule has 4 rings (SSSR count). The highest BCUT2D eigenvalue weighted by Gasteiger charge is 2.19. The summed E-state index contributed by atoms with van der Waals surface area (Å²) in [5, 5.41) is 7.17. The minimum atomic E-state index is 0.0545. The highest BCUT2D eigenvalue weighted by atomic mass is 16.5. The fourth-order valence-electron chi connectivity index (χ4n) is 3.83. The maximum atomic E-state index is 12.6. The Morgan fingerprint density at radius 1 is 1.00 bits per heavy atom. The van der Waals surface area contributed by atoms with E-state index < -0.39 is 0 Å². The van der Waals surface area contributed by atoms with Gasteiger partial charge in [-0.25, -0.2) is 0 Å². The summed E-state index contributed by atoms with van der Waals surface area (Å²) >= 11 is 0. The molecule has 156 valence electrons. The molecule has 0 radical (unpaired) electrons. The Morgan fingerprint density at radius 2 is 1.70 bits per heavy atom. The quantitative estimate of drug-likeness (QED) is 0.649. The molecule has 0 spiro atoms. The molecule has 1 amide bonds. The van der Waals surface area contributed by atoms with Gasteiger partial charge in [0, 0.05) is 63.0 Å². The molecule has 6 nitrogen and oxygen atoms in total. The molecule has 0 bridgehead atoms. The van der Waals surface area contributed by atoms with Gasteiger partial charge in [-0.15, -0.1) is 0 Å². The number of piperazine rings is 1. The number of amides is 1. The number of hydrogen-bond acceptors (Lipinski definition) is 5. The Balaban J connectivity index is 1.24. The van der Waals surface area contributed by atoms with Crippen LogP contribution in [0, 0.1) is 6.92 Å². The predicted molar refractivity (Wildman–Crippen MR) is 118 cm³/mol. The Labute approximate surface area is 177 Å². The van der Waals surface area contributed by atoms with Crippen LogP contribution in [-0.4, -0.2) is 53.6 Å². The summed E-state index contributed by atoms with van der Waals surface area (Å²) in [5.74, 6) is 0.905. The van der Waals surface area contributed by atoms with Crippen molar-refractivity contribution in [3.63, 3.8) is 0 Å². The number of benzene rings is 2. The Morgan fingerprint density at radius 3 is 2.43 bits per heavy atom. The van der Waals surface area contributed by atoms with E-state index in [4.69, 9.17) is 4.52 Å². The lowest BCUT2D eigenvalue weighted by Crippen LogP contribution is -2.46. The number of hydrogen-bond donors (Lipinski definition) is 1. The third kappa shape index (κ3) is 5.34. The third-order valence-corrected chi connectivity index (χ3v) is 5.47. The molecule has 2 aromatic carbocycles. The second-order valence-corrected chi connectivity index (χ2v) is 7.76. The highest BCUT2D eigenvalue weighted by molar-refractivity contribution is 5.95. The maximum absolute atomic E-state index is 12.6. The summed E-state index contributed by atoms with van der Waals surface area (Å²) < 4.78 is 5.15. The number of nitrogens with one attached hydrogen (secondary N) is 1. The summed E-state index contributed by atoms with van der Waals surface area (Å²) in [7, 11) is 0. The van der Waals surface area contributed by atoms with E-state index in [0.717, 1.165) is 67.5 Å². The monoisotopic (exact) mass is 404 g/mol. The second-order valence-electron chi connectivity index (χ2n) is 7.76. The fraction of sp³-hybridized carbons (Fsp3) is 0.333. The Bertz CT molecular complexity index is 962. The second kappa shape index (κ2) is 9.69. The average molecular weight is 405 g/mol. The maximum Gasteiger partial charge on any atom is 0.225 e. The van der Waals surface area contributed by atoms with Gasteiger partial charge < -0.3 is 14.7 Å². The largest absolute Gasteiger partial charge is 0.361 e. The lowest BCUT2D eigenvalue weighted by Gasteiger charge is -2.34. The molecule has 30 heavy (non-hydrogen) atoms. The molecule has 0 aliphatic carbocycles. The normalized spacial score (nSPS) is 15.2. The van der Waals surface area contributed by atoms with Crippen LogP contribution in [0.2, 0.25) is 0 Å². The lowest BCUT2D eigenvalue weighted by atomic mass is 10.0. The number of carbonyl (C=O) groups is 1. The minimum Gasteiger partial charge on any atom is -0.361 e. The van der Waals surface area contributed by atoms with Crippen molar-refractivity contribution in [3.8, 4) is 11.1 Å². The zero-order valence-electron chi connectivity index (χ0n) is 17.4. The zero-order chi connectivity index (χ0) is 20.8. The van der Waals surface area contributed by atoms with E-state index in [1.807, 2.05) is 55.5 Å². The number of rotatable bonds is 7. The van der Waals surface area contributed by atoms with Crippen LogP contribution < -0.4 is 5.32 Å². The molecular weight excluding hydrogens is 376 g/mol. The van der Waals surface area contributed by atoms with Gasteiger partial charge in [0.15, 0.2) is 0 Å². The first-order valence-electron chi connectivity index (χ1n) is 10.5. The van der Waals surface area contributed by atoms with Crippen LogP contribution in [0.3, 0.4) is 0 Å². The number of anilines is 1. The third-order valence-electron chi connectivity index (χ3n) is 5.47. The van der Waals surface area contributed by atoms with Gasteiger partial charge in [0.25, 0.3) is 0 Å². The highest BCUT2D eigenvalue weighted by Crippen LogP contribution is 2.27. The van der Waals surface area contributed by atoms with E-state index in [-0.39, 0.29) is 5.91 Å². The molecule has 1 aromatic heterocycles. The molecule has 0 atom stereocenters. The van der Waals surface area contributed by atoms with E-state index in [1.54, 1.807) is 0 Å². The van der Waals surface area contributed by atoms with Crippen molar-refractivity contribution in [1.29, 1.82) is 0 Å². The van der Waals surface area contributed by atoms with Crippen molar-refractivity contribution in [3.05, 3.63) is 72.1 Å². The number of carbonyl (C=O) groups excluding carboxylic acids is 1. The van der Waals surface area contributed by atoms with E-state index >= 15 is 0 Å². The molecule has 1 saturated heterocycles. The van der Waals surface area contributed by atoms with Crippen LogP contribution in [0.15, 0.2) is 65.2 Å². The van der Waals surface area contributed by atoms with Gasteiger partial charge in [-0.1, -0.05) is 53.7 Å². The first-order valence-corrected chi connectivity index (χ1v) is 10.5. The molecule has 0 saturated carbocycles. The van der Waals surface area contributed by atoms with Gasteiger partial charge in [-0.05, 0) is 18.6 Å². The predicted octanol–water partition coefficient (Wildman–Crippen LogP) is 3.80. The van der Waals surface area contributed by atoms with Gasteiger partial charge in [-0.2, -0.15) is 0 Å². The van der Waals surface area contributed by atoms with E-state index in [2.05, 4.69) is 32.4 Å². The molecule has 1 aliphatic heterocycles. The SMILES string of the molecule is Cc1cc(CN2CCN(CCC(=O)Nc3ccccc3-c3ccccc3)CC2)no1. The van der Waals surface area contributed by atoms with Gasteiger partial charge in [-0.3, -0.25) is 9.69 Å². The summed E-state index contributed by atoms with van der Waals surface area (Å²) in [6.07, 6.45) is 0.492. The zero-order valence-corrected chi connectivity index (χ0v) is 17.4. The van der Waals surface area contributed by atoms with E-state index in [1.165, 1.54) is 0 Å². The molecule has 1 N–H and O–H groups in total. The van der Waals surface area contributed by atoms with Gasteiger partial charge in [0.05, 0.1) is 5.69 Å². The van der Waals surface area contributed by atoms with Crippen LogP contribution in [0.5, 0.6) is 0 Å². The molecular formula is C24H28N4O2. The summed E-state index contributed by atoms with van der Waals surface area (Å²) in [6, 6.07) is 20.1. The molecule has 2 heterocycles. The van der Waals surface area contributed by atoms with E-state index in [0.29, 0.717) is 6.42 Å². The molecule has 6 heteroatoms. The number of para-hydroxylation sites is 1. The van der Waals surface area contributed by atoms with Crippen LogP contribution in [0.1, 0.15) is 17.9 Å². The lowest BCUT2D eigenvalue weighted by molar-refractivity contribution is -0.116. The smallest absolute Gasteiger partial charge is 0.225 e. The van der Waals surface area contributed by atoms with Crippen LogP contribution in [-0.2, 0) is 11.3 Å². The molecule has 3 aromatic rings. The fourth-order valence-corrected chi connectivity index (χ4v) is 3.83. The number of aryl methyl sites for hydroxylation is 1. The van der Waals surface area contributed by atoms with Crippen molar-refractivity contribution in [1.82, 2.24) is 15.0 Å². The van der Waals surface area contributed by atoms with E-state index in [9.17, 15) is 4.79 Å². The standard InChI is InChI=1S/C24H28N4O2/c1-19-17-21(26-30-19)18-28-15-13-27(14-16-28)12-11-24(29)25-23-10-6-5-9-22(23)20-7-3-2-4-8-20/h2-10,17H,11-16,18H2,1H3,(H,25,29).